The summed E-state index contributed by atoms with van der Waals surface area (Å²) in [5.41, 5.74) is 5.75. The van der Waals surface area contributed by atoms with Crippen LogP contribution in [0, 0.1) is 0 Å². The molecule has 0 atom stereocenters. The third-order valence-corrected chi connectivity index (χ3v) is 5.58. The van der Waals surface area contributed by atoms with E-state index in [1.165, 1.54) is 0 Å². The van der Waals surface area contributed by atoms with Crippen LogP contribution in [0.5, 0.6) is 5.75 Å². The molecule has 0 aromatic heterocycles. The van der Waals surface area contributed by atoms with Crippen LogP contribution in [-0.4, -0.2) is 70.4 Å². The minimum Gasteiger partial charge on any atom is -0.486 e. The fourth-order valence-electron chi connectivity index (χ4n) is 3.61. The number of ketones is 1. The topological polar surface area (TPSA) is 111 Å². The van der Waals surface area contributed by atoms with Gasteiger partial charge in [-0.25, -0.2) is 8.42 Å². The number of benzene rings is 1. The first-order valence-corrected chi connectivity index (χ1v) is 11.0. The van der Waals surface area contributed by atoms with Gasteiger partial charge in [0, 0.05) is 44.7 Å². The summed E-state index contributed by atoms with van der Waals surface area (Å²) in [5, 5.41) is 0. The number of ether oxygens (including phenoxy) is 2. The highest BCUT2D eigenvalue weighted by molar-refractivity contribution is 7.92. The van der Waals surface area contributed by atoms with Crippen molar-refractivity contribution in [3.63, 3.8) is 0 Å². The van der Waals surface area contributed by atoms with Crippen LogP contribution in [0.1, 0.15) is 29.6 Å². The zero-order chi connectivity index (χ0) is 19.5. The molecule has 166 valence electrons. The highest BCUT2D eigenvalue weighted by atomic mass is 35.5. The maximum atomic E-state index is 12.7. The van der Waals surface area contributed by atoms with Gasteiger partial charge >= 0.3 is 0 Å². The van der Waals surface area contributed by atoms with Gasteiger partial charge in [-0.15, -0.1) is 24.8 Å². The van der Waals surface area contributed by atoms with E-state index >= 15 is 0 Å². The van der Waals surface area contributed by atoms with Crippen LogP contribution in [0.2, 0.25) is 0 Å². The number of nitrogens with one attached hydrogen (secondary N) is 1. The van der Waals surface area contributed by atoms with Crippen molar-refractivity contribution in [2.75, 3.05) is 50.4 Å². The number of likely N-dealkylation sites (tertiary alicyclic amines) is 1. The number of Topliss-reactive ketones (excluding diaryl/α,β-unsaturated/α-hetero) is 1. The number of hydrogen-bond acceptors (Lipinski definition) is 7. The van der Waals surface area contributed by atoms with Crippen molar-refractivity contribution in [2.24, 2.45) is 5.73 Å². The zero-order valence-electron chi connectivity index (χ0n) is 16.4. The van der Waals surface area contributed by atoms with E-state index in [0.29, 0.717) is 43.2 Å². The van der Waals surface area contributed by atoms with E-state index < -0.39 is 15.6 Å². The van der Waals surface area contributed by atoms with Crippen molar-refractivity contribution in [3.8, 4) is 5.75 Å². The van der Waals surface area contributed by atoms with Crippen molar-refractivity contribution in [1.29, 1.82) is 0 Å². The van der Waals surface area contributed by atoms with E-state index in [9.17, 15) is 13.2 Å². The number of carbonyl (C=O) groups excluding carboxylic acids is 1. The predicted molar refractivity (Wildman–Crippen MR) is 117 cm³/mol. The Bertz CT molecular complexity index is 799. The molecule has 29 heavy (non-hydrogen) atoms. The Morgan fingerprint density at radius 1 is 1.24 bits per heavy atom. The summed E-state index contributed by atoms with van der Waals surface area (Å²) in [6.45, 7) is 4.30. The molecule has 11 heteroatoms. The molecule has 0 aliphatic carbocycles. The lowest BCUT2D eigenvalue weighted by Gasteiger charge is -2.44. The minimum absolute atomic E-state index is 0. The van der Waals surface area contributed by atoms with E-state index in [1.54, 1.807) is 18.2 Å². The van der Waals surface area contributed by atoms with Gasteiger partial charge in [-0.1, -0.05) is 0 Å². The van der Waals surface area contributed by atoms with Crippen molar-refractivity contribution in [1.82, 2.24) is 4.90 Å². The van der Waals surface area contributed by atoms with Crippen molar-refractivity contribution in [2.45, 2.75) is 24.9 Å². The summed E-state index contributed by atoms with van der Waals surface area (Å²) in [6, 6.07) is 4.85. The monoisotopic (exact) mass is 469 g/mol. The van der Waals surface area contributed by atoms with Gasteiger partial charge < -0.3 is 20.1 Å². The van der Waals surface area contributed by atoms with Crippen LogP contribution in [0.25, 0.3) is 0 Å². The number of piperidine rings is 1. The molecule has 2 heterocycles. The Hall–Kier alpha value is -1.10. The minimum atomic E-state index is -3.39. The largest absolute Gasteiger partial charge is 0.486 e. The average Bonchev–Trinajstić information content (AvgIpc) is 2.60. The molecular formula is C18H29Cl2N3O5S. The van der Waals surface area contributed by atoms with E-state index in [0.717, 1.165) is 38.7 Å². The molecule has 0 unspecified atom stereocenters. The Labute approximate surface area is 184 Å². The molecule has 3 N–H and O–H groups in total. The third-order valence-electron chi connectivity index (χ3n) is 4.97. The molecule has 2 aliphatic rings. The molecule has 1 saturated heterocycles. The molecule has 1 aromatic rings. The number of halogens is 2. The van der Waals surface area contributed by atoms with E-state index in [-0.39, 0.29) is 30.6 Å². The molecule has 1 fully saturated rings. The molecule has 0 bridgehead atoms. The van der Waals surface area contributed by atoms with Crippen LogP contribution in [-0.2, 0) is 14.8 Å². The van der Waals surface area contributed by atoms with Crippen LogP contribution in [0.3, 0.4) is 0 Å². The molecule has 2 aliphatic heterocycles. The van der Waals surface area contributed by atoms with Crippen molar-refractivity contribution in [3.05, 3.63) is 23.8 Å². The predicted octanol–water partition coefficient (Wildman–Crippen LogP) is 1.68. The molecule has 1 aromatic carbocycles. The van der Waals surface area contributed by atoms with E-state index in [1.807, 2.05) is 0 Å². The molecule has 0 amide bonds. The fraction of sp³-hybridized carbons (Fsp3) is 0.611. The zero-order valence-corrected chi connectivity index (χ0v) is 18.8. The fourth-order valence-corrected chi connectivity index (χ4v) is 4.17. The van der Waals surface area contributed by atoms with Gasteiger partial charge in [-0.3, -0.25) is 9.52 Å². The Morgan fingerprint density at radius 3 is 2.55 bits per heavy atom. The van der Waals surface area contributed by atoms with E-state index in [4.69, 9.17) is 15.2 Å². The first kappa shape index (κ1) is 25.9. The first-order chi connectivity index (χ1) is 12.8. The maximum absolute atomic E-state index is 12.7. The van der Waals surface area contributed by atoms with Gasteiger partial charge in [0.2, 0.25) is 10.0 Å². The second-order valence-corrected chi connectivity index (χ2v) is 8.96. The van der Waals surface area contributed by atoms with Crippen LogP contribution in [0.15, 0.2) is 18.2 Å². The first-order valence-electron chi connectivity index (χ1n) is 9.14. The molecule has 3 rings (SSSR count). The number of hydrogen-bond donors (Lipinski definition) is 2. The average molecular weight is 470 g/mol. The molecule has 0 saturated carbocycles. The smallest absolute Gasteiger partial charge is 0.229 e. The number of sulfonamides is 1. The summed E-state index contributed by atoms with van der Waals surface area (Å²) in [4.78, 5) is 15.0. The van der Waals surface area contributed by atoms with Gasteiger partial charge in [0.1, 0.15) is 11.4 Å². The number of nitrogens with zero attached hydrogens (tertiary/aromatic N) is 1. The van der Waals surface area contributed by atoms with Gasteiger partial charge in [-0.05, 0) is 18.2 Å². The summed E-state index contributed by atoms with van der Waals surface area (Å²) in [5.74, 6) is 0.526. The molecule has 1 spiro atoms. The van der Waals surface area contributed by atoms with Crippen molar-refractivity contribution < 1.29 is 22.7 Å². The second kappa shape index (κ2) is 10.8. The summed E-state index contributed by atoms with van der Waals surface area (Å²) >= 11 is 0. The number of anilines is 1. The normalized spacial score (nSPS) is 18.2. The molecular weight excluding hydrogens is 441 g/mol. The lowest BCUT2D eigenvalue weighted by molar-refractivity contribution is -0.0146. The Kier molecular flexibility index (Phi) is 9.65. The van der Waals surface area contributed by atoms with Gasteiger partial charge in [-0.2, -0.15) is 0 Å². The maximum Gasteiger partial charge on any atom is 0.229 e. The Balaban J connectivity index is 0.00000210. The van der Waals surface area contributed by atoms with Gasteiger partial charge in [0.15, 0.2) is 5.78 Å². The highest BCUT2D eigenvalue weighted by Gasteiger charge is 2.42. The van der Waals surface area contributed by atoms with Crippen LogP contribution < -0.4 is 15.2 Å². The number of fused-ring (bicyclic) bond motifs is 1. The lowest BCUT2D eigenvalue weighted by atomic mass is 9.82. The quantitative estimate of drug-likeness (QED) is 0.584. The molecule has 0 radical (unpaired) electrons. The lowest BCUT2D eigenvalue weighted by Crippen LogP contribution is -2.51. The van der Waals surface area contributed by atoms with Gasteiger partial charge in [0.25, 0.3) is 0 Å². The number of rotatable bonds is 7. The summed E-state index contributed by atoms with van der Waals surface area (Å²) in [6.07, 6.45) is 2.95. The molecule has 8 nitrogen and oxygen atoms in total. The summed E-state index contributed by atoms with van der Waals surface area (Å²) in [7, 11) is -3.39. The third kappa shape index (κ3) is 6.97. The van der Waals surface area contributed by atoms with E-state index in [2.05, 4.69) is 9.62 Å². The number of carbonyl (C=O) groups is 1. The number of nitrogens with two attached hydrogens (primary N) is 1. The standard InChI is InChI=1S/C18H27N3O5S.2ClH/c1-27(23,24)20-14-2-3-17-15(12-14)16(22)13-18(26-17)4-7-21(8-5-18)9-11-25-10-6-19;;/h2-3,12,20H,4-11,13,19H2,1H3;2*1H. The Morgan fingerprint density at radius 2 is 1.93 bits per heavy atom. The summed E-state index contributed by atoms with van der Waals surface area (Å²) < 4.78 is 36.8. The van der Waals surface area contributed by atoms with Crippen LogP contribution >= 0.6 is 24.8 Å². The highest BCUT2D eigenvalue weighted by Crippen LogP contribution is 2.40. The van der Waals surface area contributed by atoms with Gasteiger partial charge in [0.05, 0.1) is 31.5 Å². The van der Waals surface area contributed by atoms with Crippen LogP contribution in [0.4, 0.5) is 5.69 Å². The second-order valence-electron chi connectivity index (χ2n) is 7.21. The van der Waals surface area contributed by atoms with Crippen molar-refractivity contribution >= 4 is 46.3 Å². The SMILES string of the molecule is CS(=O)(=O)Nc1ccc2c(c1)C(=O)CC1(CCN(CCOCCN)CC1)O2.Cl.Cl.